The summed E-state index contributed by atoms with van der Waals surface area (Å²) >= 11 is 0. The summed E-state index contributed by atoms with van der Waals surface area (Å²) < 4.78 is 19.4. The molecule has 2 rings (SSSR count). The fourth-order valence-electron chi connectivity index (χ4n) is 3.27. The van der Waals surface area contributed by atoms with E-state index < -0.39 is 0 Å². The van der Waals surface area contributed by atoms with Gasteiger partial charge >= 0.3 is 5.97 Å². The van der Waals surface area contributed by atoms with E-state index in [-0.39, 0.29) is 24.6 Å². The van der Waals surface area contributed by atoms with Crippen molar-refractivity contribution in [2.75, 3.05) is 6.61 Å². The molecule has 2 aromatic rings. The number of benzene rings is 2. The Morgan fingerprint density at radius 3 is 2.15 bits per heavy atom. The van der Waals surface area contributed by atoms with Crippen LogP contribution in [0.3, 0.4) is 0 Å². The van der Waals surface area contributed by atoms with Crippen LogP contribution >= 0.6 is 0 Å². The largest absolute Gasteiger partial charge is 0.466 e. The number of esters is 1. The average molecular weight is 373 g/mol. The molecule has 2 aromatic carbocycles. The van der Waals surface area contributed by atoms with Crippen molar-refractivity contribution < 1.29 is 18.7 Å². The molecular weight excluding hydrogens is 345 g/mol. The van der Waals surface area contributed by atoms with E-state index in [0.29, 0.717) is 24.2 Å². The number of hydrogen-bond donors (Lipinski definition) is 1. The highest BCUT2D eigenvalue weighted by molar-refractivity contribution is 5.73. The smallest absolute Gasteiger partial charge is 0.306 e. The second kappa shape index (κ2) is 10.5. The standard InChI is InChI=1S/C21H25FO2.CH3NO/c1-6-24-19(23)8-7-17-12-18(11-16(5)21(17)22)20-14(3)9-13(2)10-15(20)4;2-1-3/h9-12H,6-8H2,1-5H3;1H,(H2,2,3). The Kier molecular flexibility index (Phi) is 8.66. The van der Waals surface area contributed by atoms with E-state index in [1.807, 2.05) is 12.1 Å². The van der Waals surface area contributed by atoms with Crippen LogP contribution in [0.4, 0.5) is 4.39 Å². The molecule has 0 bridgehead atoms. The summed E-state index contributed by atoms with van der Waals surface area (Å²) in [4.78, 5) is 20.2. The van der Waals surface area contributed by atoms with Gasteiger partial charge in [-0.3, -0.25) is 9.59 Å². The molecule has 146 valence electrons. The van der Waals surface area contributed by atoms with E-state index in [1.54, 1.807) is 13.8 Å². The van der Waals surface area contributed by atoms with Crippen LogP contribution in [0.15, 0.2) is 24.3 Å². The zero-order valence-electron chi connectivity index (χ0n) is 16.7. The SMILES string of the molecule is CCOC(=O)CCc1cc(-c2c(C)cc(C)cc2C)cc(C)c1F.NC=O. The topological polar surface area (TPSA) is 69.4 Å². The molecule has 0 spiro atoms. The van der Waals surface area contributed by atoms with Gasteiger partial charge in [-0.15, -0.1) is 0 Å². The first kappa shape index (κ1) is 22.4. The lowest BCUT2D eigenvalue weighted by Crippen LogP contribution is -2.06. The number of nitrogens with two attached hydrogens (primary N) is 1. The zero-order valence-corrected chi connectivity index (χ0v) is 16.7. The normalized spacial score (nSPS) is 10.0. The second-order valence-electron chi connectivity index (χ2n) is 6.48. The lowest BCUT2D eigenvalue weighted by molar-refractivity contribution is -0.143. The van der Waals surface area contributed by atoms with Crippen LogP contribution in [-0.2, 0) is 20.7 Å². The highest BCUT2D eigenvalue weighted by atomic mass is 19.1. The minimum Gasteiger partial charge on any atom is -0.466 e. The molecule has 0 heterocycles. The summed E-state index contributed by atoms with van der Waals surface area (Å²) in [6, 6.07) is 8.03. The van der Waals surface area contributed by atoms with Gasteiger partial charge in [0.05, 0.1) is 6.61 Å². The summed E-state index contributed by atoms with van der Waals surface area (Å²) in [5.74, 6) is -0.520. The van der Waals surface area contributed by atoms with Gasteiger partial charge < -0.3 is 10.5 Å². The molecule has 0 saturated carbocycles. The highest BCUT2D eigenvalue weighted by Gasteiger charge is 2.14. The molecule has 4 nitrogen and oxygen atoms in total. The number of primary amides is 1. The Bertz CT molecular complexity index is 792. The number of aryl methyl sites for hydroxylation is 5. The summed E-state index contributed by atoms with van der Waals surface area (Å²) in [6.07, 6.45) is 0.794. The van der Waals surface area contributed by atoms with Crippen molar-refractivity contribution in [3.63, 3.8) is 0 Å². The number of hydrogen-bond acceptors (Lipinski definition) is 3. The summed E-state index contributed by atoms with van der Waals surface area (Å²) in [7, 11) is 0. The number of amides is 1. The van der Waals surface area contributed by atoms with Crippen molar-refractivity contribution >= 4 is 12.4 Å². The van der Waals surface area contributed by atoms with Crippen molar-refractivity contribution in [3.05, 3.63) is 57.9 Å². The van der Waals surface area contributed by atoms with Gasteiger partial charge in [0, 0.05) is 6.42 Å². The Balaban J connectivity index is 0.00000114. The van der Waals surface area contributed by atoms with Gasteiger partial charge in [-0.1, -0.05) is 17.7 Å². The van der Waals surface area contributed by atoms with Gasteiger partial charge in [0.2, 0.25) is 6.41 Å². The third-order valence-electron chi connectivity index (χ3n) is 4.20. The molecule has 27 heavy (non-hydrogen) atoms. The monoisotopic (exact) mass is 373 g/mol. The van der Waals surface area contributed by atoms with E-state index in [9.17, 15) is 9.18 Å². The maximum Gasteiger partial charge on any atom is 0.306 e. The molecule has 0 atom stereocenters. The molecule has 5 heteroatoms. The Morgan fingerprint density at radius 2 is 1.63 bits per heavy atom. The third-order valence-corrected chi connectivity index (χ3v) is 4.20. The first-order valence-corrected chi connectivity index (χ1v) is 8.93. The first-order valence-electron chi connectivity index (χ1n) is 8.93. The maximum absolute atomic E-state index is 14.4. The van der Waals surface area contributed by atoms with Gasteiger partial charge in [0.15, 0.2) is 0 Å². The fraction of sp³-hybridized carbons (Fsp3) is 0.364. The Morgan fingerprint density at radius 1 is 1.07 bits per heavy atom. The van der Waals surface area contributed by atoms with Crippen LogP contribution in [0.2, 0.25) is 0 Å². The fourth-order valence-corrected chi connectivity index (χ4v) is 3.27. The molecule has 0 radical (unpaired) electrons. The van der Waals surface area contributed by atoms with E-state index in [2.05, 4.69) is 38.6 Å². The highest BCUT2D eigenvalue weighted by Crippen LogP contribution is 2.31. The third kappa shape index (κ3) is 6.20. The summed E-state index contributed by atoms with van der Waals surface area (Å²) in [5, 5.41) is 0. The van der Waals surface area contributed by atoms with Crippen LogP contribution in [0.25, 0.3) is 11.1 Å². The molecule has 0 aliphatic carbocycles. The molecule has 0 fully saturated rings. The molecule has 1 amide bonds. The van der Waals surface area contributed by atoms with Crippen molar-refractivity contribution in [1.82, 2.24) is 0 Å². The lowest BCUT2D eigenvalue weighted by Gasteiger charge is -2.15. The van der Waals surface area contributed by atoms with Gasteiger partial charge in [0.25, 0.3) is 0 Å². The summed E-state index contributed by atoms with van der Waals surface area (Å²) in [6.45, 7) is 10.1. The van der Waals surface area contributed by atoms with Crippen LogP contribution in [0.5, 0.6) is 0 Å². The molecule has 0 unspecified atom stereocenters. The predicted molar refractivity (Wildman–Crippen MR) is 106 cm³/mol. The van der Waals surface area contributed by atoms with E-state index in [0.717, 1.165) is 11.1 Å². The van der Waals surface area contributed by atoms with Crippen LogP contribution in [-0.4, -0.2) is 19.0 Å². The number of rotatable bonds is 5. The van der Waals surface area contributed by atoms with Crippen molar-refractivity contribution in [2.45, 2.75) is 47.5 Å². The number of halogens is 1. The number of carbonyl (C=O) groups excluding carboxylic acids is 2. The Labute approximate surface area is 160 Å². The van der Waals surface area contributed by atoms with Gasteiger partial charge in [-0.2, -0.15) is 0 Å². The molecular formula is C22H28FNO3. The first-order chi connectivity index (χ1) is 12.7. The zero-order chi connectivity index (χ0) is 20.6. The van der Waals surface area contributed by atoms with Crippen molar-refractivity contribution in [2.24, 2.45) is 5.73 Å². The van der Waals surface area contributed by atoms with Crippen molar-refractivity contribution in [3.8, 4) is 11.1 Å². The molecule has 0 aliphatic heterocycles. The molecule has 0 saturated heterocycles. The molecule has 0 aliphatic rings. The van der Waals surface area contributed by atoms with Crippen molar-refractivity contribution in [1.29, 1.82) is 0 Å². The second-order valence-corrected chi connectivity index (χ2v) is 6.48. The van der Waals surface area contributed by atoms with Gasteiger partial charge in [-0.05, 0) is 86.6 Å². The minimum absolute atomic E-state index is 0.194. The van der Waals surface area contributed by atoms with E-state index >= 15 is 0 Å². The van der Waals surface area contributed by atoms with Gasteiger partial charge in [0.1, 0.15) is 5.82 Å². The quantitative estimate of drug-likeness (QED) is 0.627. The Hall–Kier alpha value is -2.69. The van der Waals surface area contributed by atoms with E-state index in [1.165, 1.54) is 16.7 Å². The lowest BCUT2D eigenvalue weighted by atomic mass is 9.91. The molecule has 0 aromatic heterocycles. The predicted octanol–water partition coefficient (Wildman–Crippen LogP) is 4.32. The minimum atomic E-state index is -0.289. The van der Waals surface area contributed by atoms with E-state index in [4.69, 9.17) is 9.53 Å². The number of carbonyl (C=O) groups is 2. The van der Waals surface area contributed by atoms with Crippen LogP contribution in [0.1, 0.15) is 41.2 Å². The number of ether oxygens (including phenoxy) is 1. The van der Waals surface area contributed by atoms with Crippen LogP contribution in [0, 0.1) is 33.5 Å². The molecule has 2 N–H and O–H groups in total. The summed E-state index contributed by atoms with van der Waals surface area (Å²) in [5.41, 5.74) is 11.0. The average Bonchev–Trinajstić information content (AvgIpc) is 2.56. The maximum atomic E-state index is 14.4. The van der Waals surface area contributed by atoms with Crippen LogP contribution < -0.4 is 5.73 Å². The van der Waals surface area contributed by atoms with Gasteiger partial charge in [-0.25, -0.2) is 4.39 Å².